The predicted octanol–water partition coefficient (Wildman–Crippen LogP) is 4.17. The fourth-order valence-electron chi connectivity index (χ4n) is 1.82. The normalized spacial score (nSPS) is 10.6. The zero-order valence-corrected chi connectivity index (χ0v) is 12.0. The minimum atomic E-state index is 0.925. The molecule has 0 aromatic heterocycles. The minimum Gasteiger partial charge on any atom is -0.316 e. The molecule has 0 fully saturated rings. The Labute approximate surface area is 114 Å². The van der Waals surface area contributed by atoms with E-state index < -0.39 is 0 Å². The fourth-order valence-corrected chi connectivity index (χ4v) is 2.82. The van der Waals surface area contributed by atoms with Gasteiger partial charge < -0.3 is 5.32 Å². The van der Waals surface area contributed by atoms with Gasteiger partial charge in [-0.2, -0.15) is 0 Å². The van der Waals surface area contributed by atoms with E-state index >= 15 is 0 Å². The maximum atomic E-state index is 3.16. The average Bonchev–Trinajstić information content (AvgIpc) is 2.37. The first-order chi connectivity index (χ1) is 8.69. The highest BCUT2D eigenvalue weighted by atomic mass is 32.2. The molecule has 2 heteroatoms. The van der Waals surface area contributed by atoms with Crippen molar-refractivity contribution in [2.24, 2.45) is 0 Å². The van der Waals surface area contributed by atoms with Crippen molar-refractivity contribution in [3.05, 3.63) is 59.2 Å². The SMILES string of the molecule is CNCc1ccc(Sc2cc(C)ccc2C)cc1. The summed E-state index contributed by atoms with van der Waals surface area (Å²) in [6, 6.07) is 15.4. The van der Waals surface area contributed by atoms with Crippen LogP contribution in [-0.2, 0) is 6.54 Å². The molecule has 2 aromatic carbocycles. The Kier molecular flexibility index (Phi) is 4.45. The van der Waals surface area contributed by atoms with Crippen LogP contribution in [0.15, 0.2) is 52.3 Å². The molecular weight excluding hydrogens is 238 g/mol. The van der Waals surface area contributed by atoms with Gasteiger partial charge in [-0.15, -0.1) is 0 Å². The van der Waals surface area contributed by atoms with Crippen molar-refractivity contribution >= 4 is 11.8 Å². The third-order valence-electron chi connectivity index (χ3n) is 2.88. The van der Waals surface area contributed by atoms with Gasteiger partial charge in [0.25, 0.3) is 0 Å². The van der Waals surface area contributed by atoms with Gasteiger partial charge in [-0.05, 0) is 55.8 Å². The fraction of sp³-hybridized carbons (Fsp3) is 0.250. The highest BCUT2D eigenvalue weighted by Gasteiger charge is 2.02. The van der Waals surface area contributed by atoms with Crippen LogP contribution in [0.4, 0.5) is 0 Å². The molecule has 0 aliphatic heterocycles. The summed E-state index contributed by atoms with van der Waals surface area (Å²) in [6.45, 7) is 5.23. The zero-order valence-electron chi connectivity index (χ0n) is 11.2. The van der Waals surface area contributed by atoms with Gasteiger partial charge in [0.15, 0.2) is 0 Å². The van der Waals surface area contributed by atoms with Gasteiger partial charge in [-0.3, -0.25) is 0 Å². The molecule has 0 unspecified atom stereocenters. The summed E-state index contributed by atoms with van der Waals surface area (Å²) in [5, 5.41) is 3.16. The van der Waals surface area contributed by atoms with Gasteiger partial charge in [-0.25, -0.2) is 0 Å². The summed E-state index contributed by atoms with van der Waals surface area (Å²) in [5.41, 5.74) is 3.97. The van der Waals surface area contributed by atoms with Gasteiger partial charge >= 0.3 is 0 Å². The molecule has 0 amide bonds. The average molecular weight is 257 g/mol. The van der Waals surface area contributed by atoms with Crippen LogP contribution in [0.1, 0.15) is 16.7 Å². The molecule has 18 heavy (non-hydrogen) atoms. The molecule has 0 aliphatic carbocycles. The number of benzene rings is 2. The molecule has 1 nitrogen and oxygen atoms in total. The topological polar surface area (TPSA) is 12.0 Å². The lowest BCUT2D eigenvalue weighted by Gasteiger charge is -2.07. The second-order valence-electron chi connectivity index (χ2n) is 4.55. The second-order valence-corrected chi connectivity index (χ2v) is 5.66. The molecule has 0 atom stereocenters. The molecule has 0 spiro atoms. The van der Waals surface area contributed by atoms with Crippen molar-refractivity contribution in [2.75, 3.05) is 7.05 Å². The third-order valence-corrected chi connectivity index (χ3v) is 4.04. The second kappa shape index (κ2) is 6.07. The quantitative estimate of drug-likeness (QED) is 0.882. The zero-order chi connectivity index (χ0) is 13.0. The van der Waals surface area contributed by atoms with Crippen LogP contribution in [0.25, 0.3) is 0 Å². The van der Waals surface area contributed by atoms with E-state index in [0.29, 0.717) is 0 Å². The van der Waals surface area contributed by atoms with Crippen molar-refractivity contribution < 1.29 is 0 Å². The van der Waals surface area contributed by atoms with E-state index in [9.17, 15) is 0 Å². The first-order valence-electron chi connectivity index (χ1n) is 6.17. The van der Waals surface area contributed by atoms with E-state index in [1.807, 2.05) is 18.8 Å². The monoisotopic (exact) mass is 257 g/mol. The van der Waals surface area contributed by atoms with Gasteiger partial charge in [0.1, 0.15) is 0 Å². The van der Waals surface area contributed by atoms with Gasteiger partial charge in [0.2, 0.25) is 0 Å². The molecule has 94 valence electrons. The molecule has 0 saturated heterocycles. The molecule has 0 saturated carbocycles. The first-order valence-corrected chi connectivity index (χ1v) is 6.99. The maximum absolute atomic E-state index is 3.16. The lowest BCUT2D eigenvalue weighted by molar-refractivity contribution is 0.817. The van der Waals surface area contributed by atoms with Crippen LogP contribution in [0.3, 0.4) is 0 Å². The Morgan fingerprint density at radius 2 is 1.72 bits per heavy atom. The van der Waals surface area contributed by atoms with Crippen LogP contribution in [-0.4, -0.2) is 7.05 Å². The molecule has 2 rings (SSSR count). The van der Waals surface area contributed by atoms with Crippen molar-refractivity contribution in [3.8, 4) is 0 Å². The Bertz CT molecular complexity index is 517. The Morgan fingerprint density at radius 1 is 1.00 bits per heavy atom. The van der Waals surface area contributed by atoms with Crippen molar-refractivity contribution in [1.29, 1.82) is 0 Å². The lowest BCUT2D eigenvalue weighted by Crippen LogP contribution is -2.04. The summed E-state index contributed by atoms with van der Waals surface area (Å²) in [5.74, 6) is 0. The van der Waals surface area contributed by atoms with Gasteiger partial charge in [-0.1, -0.05) is 36.0 Å². The summed E-state index contributed by atoms with van der Waals surface area (Å²) in [7, 11) is 1.97. The largest absolute Gasteiger partial charge is 0.316 e. The van der Waals surface area contributed by atoms with Gasteiger partial charge in [0, 0.05) is 16.3 Å². The Balaban J connectivity index is 2.15. The van der Waals surface area contributed by atoms with E-state index in [4.69, 9.17) is 0 Å². The van der Waals surface area contributed by atoms with E-state index in [0.717, 1.165) is 6.54 Å². The molecule has 0 bridgehead atoms. The van der Waals surface area contributed by atoms with E-state index in [-0.39, 0.29) is 0 Å². The first kappa shape index (κ1) is 13.2. The number of aryl methyl sites for hydroxylation is 2. The van der Waals surface area contributed by atoms with Crippen LogP contribution < -0.4 is 5.32 Å². The van der Waals surface area contributed by atoms with Gasteiger partial charge in [0.05, 0.1) is 0 Å². The van der Waals surface area contributed by atoms with E-state index in [2.05, 4.69) is 61.6 Å². The van der Waals surface area contributed by atoms with Crippen LogP contribution in [0.5, 0.6) is 0 Å². The smallest absolute Gasteiger partial charge is 0.0202 e. The van der Waals surface area contributed by atoms with Crippen molar-refractivity contribution in [1.82, 2.24) is 5.32 Å². The number of nitrogens with one attached hydrogen (secondary N) is 1. The Morgan fingerprint density at radius 3 is 2.39 bits per heavy atom. The molecule has 0 aliphatic rings. The third kappa shape index (κ3) is 3.37. The lowest BCUT2D eigenvalue weighted by atomic mass is 10.2. The number of rotatable bonds is 4. The molecule has 2 aromatic rings. The molecule has 0 heterocycles. The Hall–Kier alpha value is -1.25. The number of hydrogen-bond acceptors (Lipinski definition) is 2. The molecule has 1 N–H and O–H groups in total. The van der Waals surface area contributed by atoms with Crippen LogP contribution in [0, 0.1) is 13.8 Å². The summed E-state index contributed by atoms with van der Waals surface area (Å²) in [6.07, 6.45) is 0. The summed E-state index contributed by atoms with van der Waals surface area (Å²) in [4.78, 5) is 2.64. The minimum absolute atomic E-state index is 0.925. The van der Waals surface area contributed by atoms with Crippen molar-refractivity contribution in [3.63, 3.8) is 0 Å². The molecular formula is C16H19NS. The summed E-state index contributed by atoms with van der Waals surface area (Å²) >= 11 is 1.83. The van der Waals surface area contributed by atoms with E-state index in [1.165, 1.54) is 26.5 Å². The van der Waals surface area contributed by atoms with E-state index in [1.54, 1.807) is 0 Å². The standard InChI is InChI=1S/C16H19NS/c1-12-4-5-13(2)16(10-12)18-15-8-6-14(7-9-15)11-17-3/h4-10,17H,11H2,1-3H3. The maximum Gasteiger partial charge on any atom is 0.0202 e. The highest BCUT2D eigenvalue weighted by molar-refractivity contribution is 7.99. The predicted molar refractivity (Wildman–Crippen MR) is 79.2 cm³/mol. The van der Waals surface area contributed by atoms with Crippen molar-refractivity contribution in [2.45, 2.75) is 30.2 Å². The number of hydrogen-bond donors (Lipinski definition) is 1. The van der Waals surface area contributed by atoms with Crippen LogP contribution in [0.2, 0.25) is 0 Å². The molecule has 0 radical (unpaired) electrons. The highest BCUT2D eigenvalue weighted by Crippen LogP contribution is 2.30. The summed E-state index contributed by atoms with van der Waals surface area (Å²) < 4.78 is 0. The van der Waals surface area contributed by atoms with Crippen LogP contribution >= 0.6 is 11.8 Å².